The summed E-state index contributed by atoms with van der Waals surface area (Å²) in [7, 11) is -2.62. The SMILES string of the molecule is COC(=O)c1sccc1S(=O)(=O)NC(CCO)C(C)C. The normalized spacial score (nSPS) is 13.4. The number of ether oxygens (including phenoxy) is 1. The molecular formula is C12H19NO5S2. The molecule has 20 heavy (non-hydrogen) atoms. The molecule has 114 valence electrons. The summed E-state index contributed by atoms with van der Waals surface area (Å²) in [5, 5.41) is 10.5. The van der Waals surface area contributed by atoms with Crippen molar-refractivity contribution in [1.82, 2.24) is 4.72 Å². The fourth-order valence-electron chi connectivity index (χ4n) is 1.68. The smallest absolute Gasteiger partial charge is 0.349 e. The number of sulfonamides is 1. The fourth-order valence-corrected chi connectivity index (χ4v) is 4.43. The van der Waals surface area contributed by atoms with Gasteiger partial charge in [-0.3, -0.25) is 0 Å². The summed E-state index contributed by atoms with van der Waals surface area (Å²) in [4.78, 5) is 11.5. The molecule has 6 nitrogen and oxygen atoms in total. The Morgan fingerprint density at radius 2 is 2.15 bits per heavy atom. The molecule has 0 aliphatic heterocycles. The minimum absolute atomic E-state index is 0.0251. The maximum absolute atomic E-state index is 12.3. The van der Waals surface area contributed by atoms with Crippen LogP contribution < -0.4 is 4.72 Å². The number of carbonyl (C=O) groups excluding carboxylic acids is 1. The van der Waals surface area contributed by atoms with E-state index in [2.05, 4.69) is 9.46 Å². The standard InChI is InChI=1S/C12H19NO5S2/c1-8(2)9(4-6-14)13-20(16,17)10-5-7-19-11(10)12(15)18-3/h5,7-9,13-14H,4,6H2,1-3H3. The van der Waals surface area contributed by atoms with Gasteiger partial charge in [0.25, 0.3) is 0 Å². The third-order valence-corrected chi connectivity index (χ3v) is 5.40. The summed E-state index contributed by atoms with van der Waals surface area (Å²) < 4.78 is 31.8. The molecule has 1 rings (SSSR count). The molecule has 0 spiro atoms. The predicted octanol–water partition coefficient (Wildman–Crippen LogP) is 1.22. The van der Waals surface area contributed by atoms with Gasteiger partial charge in [0.15, 0.2) is 0 Å². The lowest BCUT2D eigenvalue weighted by Crippen LogP contribution is -2.39. The van der Waals surface area contributed by atoms with Crippen LogP contribution >= 0.6 is 11.3 Å². The van der Waals surface area contributed by atoms with Crippen LogP contribution in [0.4, 0.5) is 0 Å². The topological polar surface area (TPSA) is 92.7 Å². The van der Waals surface area contributed by atoms with Crippen LogP contribution in [0.15, 0.2) is 16.3 Å². The van der Waals surface area contributed by atoms with E-state index in [-0.39, 0.29) is 22.3 Å². The maximum Gasteiger partial charge on any atom is 0.349 e. The first-order chi connectivity index (χ1) is 9.33. The van der Waals surface area contributed by atoms with Crippen LogP contribution in [0.2, 0.25) is 0 Å². The van der Waals surface area contributed by atoms with Crippen LogP contribution in [0, 0.1) is 5.92 Å². The van der Waals surface area contributed by atoms with Crippen molar-refractivity contribution in [3.63, 3.8) is 0 Å². The number of aliphatic hydroxyl groups excluding tert-OH is 1. The second-order valence-electron chi connectivity index (χ2n) is 4.59. The monoisotopic (exact) mass is 321 g/mol. The van der Waals surface area contributed by atoms with Gasteiger partial charge in [-0.15, -0.1) is 11.3 Å². The molecule has 2 N–H and O–H groups in total. The molecule has 0 bridgehead atoms. The van der Waals surface area contributed by atoms with Gasteiger partial charge < -0.3 is 9.84 Å². The number of aliphatic hydroxyl groups is 1. The van der Waals surface area contributed by atoms with Crippen molar-refractivity contribution >= 4 is 27.3 Å². The van der Waals surface area contributed by atoms with Crippen LogP contribution in [0.5, 0.6) is 0 Å². The van der Waals surface area contributed by atoms with E-state index in [9.17, 15) is 13.2 Å². The van der Waals surface area contributed by atoms with E-state index in [0.717, 1.165) is 11.3 Å². The van der Waals surface area contributed by atoms with Crippen molar-refractivity contribution in [3.8, 4) is 0 Å². The molecule has 0 radical (unpaired) electrons. The maximum atomic E-state index is 12.3. The Balaban J connectivity index is 3.05. The molecule has 1 atom stereocenters. The molecule has 0 fully saturated rings. The number of esters is 1. The summed E-state index contributed by atoms with van der Waals surface area (Å²) in [6.07, 6.45) is 0.314. The summed E-state index contributed by atoms with van der Waals surface area (Å²) in [5.41, 5.74) is 0. The Labute approximate surface area is 122 Å². The predicted molar refractivity (Wildman–Crippen MR) is 76.3 cm³/mol. The molecule has 1 unspecified atom stereocenters. The third kappa shape index (κ3) is 4.02. The van der Waals surface area contributed by atoms with Crippen LogP contribution in [-0.2, 0) is 14.8 Å². The zero-order valence-electron chi connectivity index (χ0n) is 11.6. The van der Waals surface area contributed by atoms with Crippen molar-refractivity contribution < 1.29 is 23.1 Å². The van der Waals surface area contributed by atoms with Crippen molar-refractivity contribution in [2.24, 2.45) is 5.92 Å². The highest BCUT2D eigenvalue weighted by Gasteiger charge is 2.28. The first-order valence-electron chi connectivity index (χ1n) is 6.12. The van der Waals surface area contributed by atoms with Gasteiger partial charge in [-0.25, -0.2) is 17.9 Å². The van der Waals surface area contributed by atoms with Gasteiger partial charge in [-0.05, 0) is 23.8 Å². The Morgan fingerprint density at radius 3 is 2.65 bits per heavy atom. The van der Waals surface area contributed by atoms with E-state index in [4.69, 9.17) is 5.11 Å². The molecule has 0 aliphatic carbocycles. The van der Waals surface area contributed by atoms with Crippen molar-refractivity contribution in [1.29, 1.82) is 0 Å². The molecular weight excluding hydrogens is 302 g/mol. The van der Waals surface area contributed by atoms with Crippen LogP contribution in [0.3, 0.4) is 0 Å². The van der Waals surface area contributed by atoms with Crippen molar-refractivity contribution in [2.45, 2.75) is 31.2 Å². The number of hydrogen-bond acceptors (Lipinski definition) is 6. The third-order valence-electron chi connectivity index (χ3n) is 2.84. The highest BCUT2D eigenvalue weighted by molar-refractivity contribution is 7.89. The Bertz CT molecular complexity index is 550. The van der Waals surface area contributed by atoms with Gasteiger partial charge in [-0.2, -0.15) is 0 Å². The first kappa shape index (κ1) is 17.1. The lowest BCUT2D eigenvalue weighted by Gasteiger charge is -2.21. The summed E-state index contributed by atoms with van der Waals surface area (Å²) >= 11 is 1.01. The van der Waals surface area contributed by atoms with E-state index < -0.39 is 22.0 Å². The molecule has 0 aromatic carbocycles. The Morgan fingerprint density at radius 1 is 1.50 bits per heavy atom. The molecule has 0 aliphatic rings. The number of methoxy groups -OCH3 is 1. The average molecular weight is 321 g/mol. The molecule has 1 aromatic rings. The summed E-state index contributed by atoms with van der Waals surface area (Å²) in [5.74, 6) is -0.652. The largest absolute Gasteiger partial charge is 0.465 e. The number of rotatable bonds is 7. The minimum Gasteiger partial charge on any atom is -0.465 e. The van der Waals surface area contributed by atoms with Crippen LogP contribution in [0.1, 0.15) is 29.9 Å². The van der Waals surface area contributed by atoms with E-state index >= 15 is 0 Å². The average Bonchev–Trinajstić information content (AvgIpc) is 2.87. The van der Waals surface area contributed by atoms with E-state index in [1.54, 1.807) is 0 Å². The zero-order chi connectivity index (χ0) is 15.3. The van der Waals surface area contributed by atoms with Gasteiger partial charge in [0.1, 0.15) is 9.77 Å². The van der Waals surface area contributed by atoms with Gasteiger partial charge in [0.05, 0.1) is 7.11 Å². The number of hydrogen-bond donors (Lipinski definition) is 2. The number of nitrogens with one attached hydrogen (secondary N) is 1. The second-order valence-corrected chi connectivity index (χ2v) is 7.19. The van der Waals surface area contributed by atoms with Crippen molar-refractivity contribution in [2.75, 3.05) is 13.7 Å². The van der Waals surface area contributed by atoms with E-state index in [1.807, 2.05) is 13.8 Å². The van der Waals surface area contributed by atoms with Crippen LogP contribution in [-0.4, -0.2) is 39.3 Å². The van der Waals surface area contributed by atoms with E-state index in [0.29, 0.717) is 6.42 Å². The molecule has 1 heterocycles. The molecule has 0 saturated carbocycles. The molecule has 0 amide bonds. The van der Waals surface area contributed by atoms with Gasteiger partial charge in [0, 0.05) is 12.6 Å². The lowest BCUT2D eigenvalue weighted by atomic mass is 10.0. The summed E-state index contributed by atoms with van der Waals surface area (Å²) in [6, 6.07) is 0.977. The van der Waals surface area contributed by atoms with Gasteiger partial charge in [0.2, 0.25) is 10.0 Å². The molecule has 1 aromatic heterocycles. The van der Waals surface area contributed by atoms with Crippen LogP contribution in [0.25, 0.3) is 0 Å². The molecule has 8 heteroatoms. The second kappa shape index (κ2) is 7.16. The highest BCUT2D eigenvalue weighted by atomic mass is 32.2. The highest BCUT2D eigenvalue weighted by Crippen LogP contribution is 2.23. The fraction of sp³-hybridized carbons (Fsp3) is 0.583. The minimum atomic E-state index is -3.82. The first-order valence-corrected chi connectivity index (χ1v) is 8.48. The zero-order valence-corrected chi connectivity index (χ0v) is 13.3. The quantitative estimate of drug-likeness (QED) is 0.737. The summed E-state index contributed by atoms with van der Waals surface area (Å²) in [6.45, 7) is 3.61. The number of carbonyl (C=O) groups is 1. The number of thiophene rings is 1. The van der Waals surface area contributed by atoms with Crippen molar-refractivity contribution in [3.05, 3.63) is 16.3 Å². The Kier molecular flexibility index (Phi) is 6.12. The Hall–Kier alpha value is -0.960. The van der Waals surface area contributed by atoms with Gasteiger partial charge >= 0.3 is 5.97 Å². The lowest BCUT2D eigenvalue weighted by molar-refractivity contribution is 0.0602. The molecule has 0 saturated heterocycles. The van der Waals surface area contributed by atoms with Gasteiger partial charge in [-0.1, -0.05) is 13.8 Å². The van der Waals surface area contributed by atoms with E-state index in [1.165, 1.54) is 18.6 Å².